The minimum absolute atomic E-state index is 0.0660. The smallest absolute Gasteiger partial charge is 0.267 e. The average Bonchev–Trinajstić information content (AvgIpc) is 3.05. The molecule has 1 saturated heterocycles. The van der Waals surface area contributed by atoms with Gasteiger partial charge in [-0.15, -0.1) is 5.10 Å². The Morgan fingerprint density at radius 3 is 3.00 bits per heavy atom. The Kier molecular flexibility index (Phi) is 4.66. The van der Waals surface area contributed by atoms with E-state index in [0.717, 1.165) is 44.8 Å². The van der Waals surface area contributed by atoms with Crippen LogP contribution < -0.4 is 0 Å². The third-order valence-electron chi connectivity index (χ3n) is 3.26. The first-order valence-electron chi connectivity index (χ1n) is 6.44. The van der Waals surface area contributed by atoms with Gasteiger partial charge in [-0.1, -0.05) is 11.4 Å². The predicted molar refractivity (Wildman–Crippen MR) is 69.8 cm³/mol. The minimum atomic E-state index is 0.0660. The molecule has 100 valence electrons. The van der Waals surface area contributed by atoms with E-state index < -0.39 is 0 Å². The lowest BCUT2D eigenvalue weighted by molar-refractivity contribution is 0.0734. The maximum Gasteiger partial charge on any atom is 0.267 e. The molecule has 2 rings (SSSR count). The number of carbonyl (C=O) groups is 1. The number of aromatic nitrogens is 2. The van der Waals surface area contributed by atoms with Gasteiger partial charge in [-0.05, 0) is 31.3 Å². The van der Waals surface area contributed by atoms with Crippen molar-refractivity contribution >= 4 is 17.4 Å². The topological polar surface area (TPSA) is 55.3 Å². The largest absolute Gasteiger partial charge is 0.381 e. The molecule has 2 heterocycles. The zero-order valence-electron chi connectivity index (χ0n) is 10.9. The minimum Gasteiger partial charge on any atom is -0.381 e. The summed E-state index contributed by atoms with van der Waals surface area (Å²) in [6, 6.07) is 0. The Balaban J connectivity index is 2.04. The second-order valence-electron chi connectivity index (χ2n) is 4.48. The van der Waals surface area contributed by atoms with E-state index >= 15 is 0 Å². The second kappa shape index (κ2) is 6.24. The maximum absolute atomic E-state index is 12.4. The fourth-order valence-corrected chi connectivity index (χ4v) is 2.86. The Morgan fingerprint density at radius 2 is 2.39 bits per heavy atom. The molecule has 0 bridgehead atoms. The summed E-state index contributed by atoms with van der Waals surface area (Å²) in [6.07, 6.45) is 1.80. The number of hydrogen-bond acceptors (Lipinski definition) is 5. The summed E-state index contributed by atoms with van der Waals surface area (Å²) in [6.45, 7) is 7.08. The highest BCUT2D eigenvalue weighted by Gasteiger charge is 2.25. The molecule has 1 aromatic heterocycles. The molecule has 0 aromatic carbocycles. The van der Waals surface area contributed by atoms with Crippen LogP contribution in [0.3, 0.4) is 0 Å². The van der Waals surface area contributed by atoms with E-state index in [9.17, 15) is 4.79 Å². The van der Waals surface area contributed by atoms with Crippen LogP contribution in [-0.2, 0) is 11.2 Å². The van der Waals surface area contributed by atoms with Crippen molar-refractivity contribution in [3.05, 3.63) is 10.6 Å². The highest BCUT2D eigenvalue weighted by molar-refractivity contribution is 7.07. The lowest BCUT2D eigenvalue weighted by Gasteiger charge is -2.23. The van der Waals surface area contributed by atoms with Crippen molar-refractivity contribution in [1.29, 1.82) is 0 Å². The van der Waals surface area contributed by atoms with Crippen LogP contribution in [-0.4, -0.2) is 46.7 Å². The molecule has 1 amide bonds. The van der Waals surface area contributed by atoms with Gasteiger partial charge in [0.25, 0.3) is 5.91 Å². The van der Waals surface area contributed by atoms with Crippen LogP contribution in [0.5, 0.6) is 0 Å². The van der Waals surface area contributed by atoms with Gasteiger partial charge >= 0.3 is 0 Å². The molecule has 18 heavy (non-hydrogen) atoms. The van der Waals surface area contributed by atoms with Crippen LogP contribution in [0.4, 0.5) is 0 Å². The summed E-state index contributed by atoms with van der Waals surface area (Å²) in [5, 5.41) is 4.00. The van der Waals surface area contributed by atoms with Crippen molar-refractivity contribution in [2.45, 2.75) is 26.7 Å². The normalized spacial score (nSPS) is 19.1. The number of carbonyl (C=O) groups excluding carboxylic acids is 1. The van der Waals surface area contributed by atoms with Crippen molar-refractivity contribution in [1.82, 2.24) is 14.5 Å². The SMILES string of the molecule is CCc1nnsc1C(=O)N(CC)CC1CCOC1. The van der Waals surface area contributed by atoms with Crippen molar-refractivity contribution in [2.24, 2.45) is 5.92 Å². The maximum atomic E-state index is 12.4. The van der Waals surface area contributed by atoms with Gasteiger partial charge in [0.05, 0.1) is 12.3 Å². The molecule has 1 fully saturated rings. The zero-order chi connectivity index (χ0) is 13.0. The standard InChI is InChI=1S/C12H19N3O2S/c1-3-10-11(18-14-13-10)12(16)15(4-2)7-9-5-6-17-8-9/h9H,3-8H2,1-2H3. The Morgan fingerprint density at radius 1 is 1.56 bits per heavy atom. The van der Waals surface area contributed by atoms with Crippen LogP contribution in [0.25, 0.3) is 0 Å². The van der Waals surface area contributed by atoms with E-state index in [2.05, 4.69) is 9.59 Å². The second-order valence-corrected chi connectivity index (χ2v) is 5.23. The number of rotatable bonds is 5. The van der Waals surface area contributed by atoms with Crippen molar-refractivity contribution < 1.29 is 9.53 Å². The van der Waals surface area contributed by atoms with Gasteiger partial charge in [0.1, 0.15) is 4.88 Å². The molecule has 0 aliphatic carbocycles. The van der Waals surface area contributed by atoms with Gasteiger partial charge in [-0.25, -0.2) is 0 Å². The fraction of sp³-hybridized carbons (Fsp3) is 0.750. The summed E-state index contributed by atoms with van der Waals surface area (Å²) in [5.74, 6) is 0.538. The lowest BCUT2D eigenvalue weighted by Crippen LogP contribution is -2.35. The molecule has 6 heteroatoms. The number of aryl methyl sites for hydroxylation is 1. The molecule has 1 aromatic rings. The third-order valence-corrected chi connectivity index (χ3v) is 4.01. The summed E-state index contributed by atoms with van der Waals surface area (Å²) in [7, 11) is 0. The molecule has 0 N–H and O–H groups in total. The van der Waals surface area contributed by atoms with Crippen molar-refractivity contribution in [3.63, 3.8) is 0 Å². The molecule has 5 nitrogen and oxygen atoms in total. The van der Waals surface area contributed by atoms with Gasteiger partial charge in [-0.2, -0.15) is 0 Å². The third kappa shape index (κ3) is 2.87. The first kappa shape index (κ1) is 13.4. The Labute approximate surface area is 111 Å². The highest BCUT2D eigenvalue weighted by Crippen LogP contribution is 2.18. The first-order valence-corrected chi connectivity index (χ1v) is 7.21. The van der Waals surface area contributed by atoms with Crippen LogP contribution in [0.15, 0.2) is 0 Å². The van der Waals surface area contributed by atoms with E-state index in [4.69, 9.17) is 4.74 Å². The van der Waals surface area contributed by atoms with Crippen LogP contribution in [0.1, 0.15) is 35.6 Å². The van der Waals surface area contributed by atoms with Gasteiger partial charge < -0.3 is 9.64 Å². The molecule has 1 aliphatic rings. The van der Waals surface area contributed by atoms with Crippen molar-refractivity contribution in [3.8, 4) is 0 Å². The molecule has 1 unspecified atom stereocenters. The number of nitrogens with zero attached hydrogens (tertiary/aromatic N) is 3. The monoisotopic (exact) mass is 269 g/mol. The van der Waals surface area contributed by atoms with Crippen molar-refractivity contribution in [2.75, 3.05) is 26.3 Å². The van der Waals surface area contributed by atoms with Crippen LogP contribution >= 0.6 is 11.5 Å². The number of amides is 1. The van der Waals surface area contributed by atoms with Gasteiger partial charge in [0.15, 0.2) is 0 Å². The van der Waals surface area contributed by atoms with E-state index in [1.165, 1.54) is 11.5 Å². The molecule has 0 spiro atoms. The molecule has 0 saturated carbocycles. The molecular formula is C12H19N3O2S. The van der Waals surface area contributed by atoms with E-state index in [1.54, 1.807) is 0 Å². The Hall–Kier alpha value is -1.01. The molecular weight excluding hydrogens is 250 g/mol. The lowest BCUT2D eigenvalue weighted by atomic mass is 10.1. The number of hydrogen-bond donors (Lipinski definition) is 0. The zero-order valence-corrected chi connectivity index (χ0v) is 11.7. The Bertz CT molecular complexity index is 402. The highest BCUT2D eigenvalue weighted by atomic mass is 32.1. The van der Waals surface area contributed by atoms with Crippen LogP contribution in [0, 0.1) is 5.92 Å². The van der Waals surface area contributed by atoms with E-state index in [1.807, 2.05) is 18.7 Å². The average molecular weight is 269 g/mol. The molecule has 1 aliphatic heterocycles. The van der Waals surface area contributed by atoms with E-state index in [-0.39, 0.29) is 5.91 Å². The summed E-state index contributed by atoms with van der Waals surface area (Å²) in [5.41, 5.74) is 0.811. The summed E-state index contributed by atoms with van der Waals surface area (Å²) < 4.78 is 9.24. The van der Waals surface area contributed by atoms with Gasteiger partial charge in [0, 0.05) is 25.6 Å². The van der Waals surface area contributed by atoms with E-state index in [0.29, 0.717) is 10.8 Å². The first-order chi connectivity index (χ1) is 8.76. The molecule has 0 radical (unpaired) electrons. The fourth-order valence-electron chi connectivity index (χ4n) is 2.14. The molecule has 1 atom stereocenters. The quantitative estimate of drug-likeness (QED) is 0.814. The van der Waals surface area contributed by atoms with Crippen LogP contribution in [0.2, 0.25) is 0 Å². The number of ether oxygens (including phenoxy) is 1. The van der Waals surface area contributed by atoms with Gasteiger partial charge in [-0.3, -0.25) is 4.79 Å². The summed E-state index contributed by atoms with van der Waals surface area (Å²) >= 11 is 1.20. The predicted octanol–water partition coefficient (Wildman–Crippen LogP) is 1.60. The summed E-state index contributed by atoms with van der Waals surface area (Å²) in [4.78, 5) is 15.0. The van der Waals surface area contributed by atoms with Gasteiger partial charge in [0.2, 0.25) is 0 Å².